The molecular formula is C13H25N. The maximum absolute atomic E-state index is 3.88. The molecule has 0 aromatic heterocycles. The fourth-order valence-corrected chi connectivity index (χ4v) is 3.51. The van der Waals surface area contributed by atoms with Crippen molar-refractivity contribution in [1.29, 1.82) is 0 Å². The van der Waals surface area contributed by atoms with E-state index in [-0.39, 0.29) is 0 Å². The molecule has 2 aliphatic carbocycles. The van der Waals surface area contributed by atoms with E-state index in [9.17, 15) is 0 Å². The first-order valence-corrected chi connectivity index (χ1v) is 6.50. The van der Waals surface area contributed by atoms with Crippen LogP contribution in [0.2, 0.25) is 0 Å². The Morgan fingerprint density at radius 3 is 1.93 bits per heavy atom. The van der Waals surface area contributed by atoms with E-state index < -0.39 is 0 Å². The van der Waals surface area contributed by atoms with Crippen LogP contribution in [0.4, 0.5) is 0 Å². The van der Waals surface area contributed by atoms with Crippen LogP contribution in [-0.2, 0) is 0 Å². The molecule has 2 aliphatic rings. The Hall–Kier alpha value is -0.0400. The van der Waals surface area contributed by atoms with Gasteiger partial charge >= 0.3 is 0 Å². The lowest BCUT2D eigenvalue weighted by atomic mass is 9.80. The minimum Gasteiger partial charge on any atom is -0.311 e. The molecule has 0 aliphatic heterocycles. The van der Waals surface area contributed by atoms with Crippen LogP contribution in [0.5, 0.6) is 0 Å². The van der Waals surface area contributed by atoms with E-state index in [4.69, 9.17) is 0 Å². The standard InChI is InChI=1S/C13H25N/c1-10-7-11(2)9-13(8-10)14-12-5-3-4-6-12/h10-14H,3-9H2,1-2H3/t10-,11+,13-. The van der Waals surface area contributed by atoms with Gasteiger partial charge in [-0.25, -0.2) is 0 Å². The predicted octanol–water partition coefficient (Wildman–Crippen LogP) is 3.34. The quantitative estimate of drug-likeness (QED) is 0.712. The van der Waals surface area contributed by atoms with Gasteiger partial charge in [-0.15, -0.1) is 0 Å². The van der Waals surface area contributed by atoms with Gasteiger partial charge < -0.3 is 5.32 Å². The topological polar surface area (TPSA) is 12.0 Å². The van der Waals surface area contributed by atoms with Crippen molar-refractivity contribution >= 4 is 0 Å². The molecule has 2 saturated carbocycles. The number of rotatable bonds is 2. The molecule has 0 heterocycles. The minimum absolute atomic E-state index is 0.830. The van der Waals surface area contributed by atoms with Gasteiger partial charge in [0, 0.05) is 12.1 Å². The molecule has 1 nitrogen and oxygen atoms in total. The maximum atomic E-state index is 3.88. The Balaban J connectivity index is 1.78. The zero-order chi connectivity index (χ0) is 9.97. The average Bonchev–Trinajstić information content (AvgIpc) is 2.54. The molecule has 2 fully saturated rings. The highest BCUT2D eigenvalue weighted by Crippen LogP contribution is 2.30. The molecule has 1 N–H and O–H groups in total. The molecule has 0 radical (unpaired) electrons. The summed E-state index contributed by atoms with van der Waals surface area (Å²) in [5.41, 5.74) is 0. The van der Waals surface area contributed by atoms with Crippen molar-refractivity contribution in [2.75, 3.05) is 0 Å². The van der Waals surface area contributed by atoms with E-state index in [1.807, 2.05) is 0 Å². The van der Waals surface area contributed by atoms with Gasteiger partial charge in [-0.3, -0.25) is 0 Å². The van der Waals surface area contributed by atoms with Crippen molar-refractivity contribution in [1.82, 2.24) is 5.32 Å². The molecule has 0 saturated heterocycles. The van der Waals surface area contributed by atoms with E-state index in [2.05, 4.69) is 19.2 Å². The molecule has 1 heteroatoms. The summed E-state index contributed by atoms with van der Waals surface area (Å²) >= 11 is 0. The minimum atomic E-state index is 0.830. The van der Waals surface area contributed by atoms with E-state index in [0.717, 1.165) is 23.9 Å². The summed E-state index contributed by atoms with van der Waals surface area (Å²) in [7, 11) is 0. The lowest BCUT2D eigenvalue weighted by molar-refractivity contribution is 0.225. The van der Waals surface area contributed by atoms with Gasteiger partial charge in [0.05, 0.1) is 0 Å². The Kier molecular flexibility index (Phi) is 3.48. The summed E-state index contributed by atoms with van der Waals surface area (Å²) in [4.78, 5) is 0. The van der Waals surface area contributed by atoms with Crippen LogP contribution in [0.3, 0.4) is 0 Å². The fraction of sp³-hybridized carbons (Fsp3) is 1.00. The van der Waals surface area contributed by atoms with E-state index in [1.54, 1.807) is 0 Å². The van der Waals surface area contributed by atoms with Gasteiger partial charge in [-0.2, -0.15) is 0 Å². The molecule has 0 amide bonds. The SMILES string of the molecule is C[C@@H]1C[C@H](C)C[C@H](NC2CCCC2)C1. The molecule has 0 bridgehead atoms. The van der Waals surface area contributed by atoms with Crippen LogP contribution < -0.4 is 5.32 Å². The monoisotopic (exact) mass is 195 g/mol. The van der Waals surface area contributed by atoms with Gasteiger partial charge in [0.15, 0.2) is 0 Å². The Morgan fingerprint density at radius 1 is 0.786 bits per heavy atom. The lowest BCUT2D eigenvalue weighted by Gasteiger charge is -2.33. The molecular weight excluding hydrogens is 170 g/mol. The third kappa shape index (κ3) is 2.73. The Bertz CT molecular complexity index is 162. The third-order valence-electron chi connectivity index (χ3n) is 4.01. The largest absolute Gasteiger partial charge is 0.311 e. The average molecular weight is 195 g/mol. The van der Waals surface area contributed by atoms with Crippen LogP contribution >= 0.6 is 0 Å². The molecule has 0 unspecified atom stereocenters. The Morgan fingerprint density at radius 2 is 1.36 bits per heavy atom. The van der Waals surface area contributed by atoms with Crippen molar-refractivity contribution in [2.24, 2.45) is 11.8 Å². The fourth-order valence-electron chi connectivity index (χ4n) is 3.51. The van der Waals surface area contributed by atoms with Crippen molar-refractivity contribution in [3.63, 3.8) is 0 Å². The highest BCUT2D eigenvalue weighted by atomic mass is 15.0. The van der Waals surface area contributed by atoms with Gasteiger partial charge in [0.25, 0.3) is 0 Å². The predicted molar refractivity (Wildman–Crippen MR) is 61.4 cm³/mol. The lowest BCUT2D eigenvalue weighted by Crippen LogP contribution is -2.41. The van der Waals surface area contributed by atoms with Crippen LogP contribution in [0.25, 0.3) is 0 Å². The highest BCUT2D eigenvalue weighted by Gasteiger charge is 2.26. The van der Waals surface area contributed by atoms with Gasteiger partial charge in [0.1, 0.15) is 0 Å². The zero-order valence-corrected chi connectivity index (χ0v) is 9.76. The second-order valence-electron chi connectivity index (χ2n) is 5.76. The Labute approximate surface area is 88.7 Å². The first-order valence-electron chi connectivity index (χ1n) is 6.50. The number of hydrogen-bond acceptors (Lipinski definition) is 1. The van der Waals surface area contributed by atoms with Crippen molar-refractivity contribution in [3.8, 4) is 0 Å². The van der Waals surface area contributed by atoms with Gasteiger partial charge in [-0.1, -0.05) is 26.7 Å². The molecule has 0 aromatic carbocycles. The summed E-state index contributed by atoms with van der Waals surface area (Å²) in [6.07, 6.45) is 10.0. The van der Waals surface area contributed by atoms with Crippen LogP contribution in [0.1, 0.15) is 58.8 Å². The third-order valence-corrected chi connectivity index (χ3v) is 4.01. The summed E-state index contributed by atoms with van der Waals surface area (Å²) in [6, 6.07) is 1.69. The molecule has 2 rings (SSSR count). The van der Waals surface area contributed by atoms with Crippen molar-refractivity contribution in [2.45, 2.75) is 70.9 Å². The highest BCUT2D eigenvalue weighted by molar-refractivity contribution is 4.84. The zero-order valence-electron chi connectivity index (χ0n) is 9.76. The second-order valence-corrected chi connectivity index (χ2v) is 5.76. The van der Waals surface area contributed by atoms with Crippen molar-refractivity contribution in [3.05, 3.63) is 0 Å². The smallest absolute Gasteiger partial charge is 0.00747 e. The maximum Gasteiger partial charge on any atom is 0.00747 e. The second kappa shape index (κ2) is 4.65. The molecule has 3 atom stereocenters. The first-order chi connectivity index (χ1) is 6.74. The van der Waals surface area contributed by atoms with Crippen LogP contribution in [0, 0.1) is 11.8 Å². The normalized spacial score (nSPS) is 40.3. The van der Waals surface area contributed by atoms with E-state index in [0.29, 0.717) is 0 Å². The number of nitrogens with one attached hydrogen (secondary N) is 1. The summed E-state index contributed by atoms with van der Waals surface area (Å²) < 4.78 is 0. The first kappa shape index (κ1) is 10.5. The molecule has 0 aromatic rings. The van der Waals surface area contributed by atoms with E-state index in [1.165, 1.54) is 44.9 Å². The summed E-state index contributed by atoms with van der Waals surface area (Å²) in [5, 5.41) is 3.88. The molecule has 0 spiro atoms. The summed E-state index contributed by atoms with van der Waals surface area (Å²) in [5.74, 6) is 1.88. The van der Waals surface area contributed by atoms with E-state index >= 15 is 0 Å². The summed E-state index contributed by atoms with van der Waals surface area (Å²) in [6.45, 7) is 4.83. The van der Waals surface area contributed by atoms with Crippen molar-refractivity contribution < 1.29 is 0 Å². The molecule has 82 valence electrons. The molecule has 14 heavy (non-hydrogen) atoms. The van der Waals surface area contributed by atoms with Gasteiger partial charge in [-0.05, 0) is 43.9 Å². The van der Waals surface area contributed by atoms with Gasteiger partial charge in [0.2, 0.25) is 0 Å². The van der Waals surface area contributed by atoms with Crippen LogP contribution in [-0.4, -0.2) is 12.1 Å². The number of hydrogen-bond donors (Lipinski definition) is 1. The van der Waals surface area contributed by atoms with Crippen LogP contribution in [0.15, 0.2) is 0 Å².